The van der Waals surface area contributed by atoms with Gasteiger partial charge in [0.2, 0.25) is 16.8 Å². The van der Waals surface area contributed by atoms with Crippen molar-refractivity contribution in [1.82, 2.24) is 14.1 Å². The summed E-state index contributed by atoms with van der Waals surface area (Å²) in [4.78, 5) is 17.0. The quantitative estimate of drug-likeness (QED) is 0.584. The zero-order valence-electron chi connectivity index (χ0n) is 19.6. The first-order valence-electron chi connectivity index (χ1n) is 11.6. The molecule has 188 valence electrons. The van der Waals surface area contributed by atoms with Gasteiger partial charge in [-0.2, -0.15) is 4.31 Å². The largest absolute Gasteiger partial charge is 0.496 e. The summed E-state index contributed by atoms with van der Waals surface area (Å²) in [6.07, 6.45) is 0. The molecule has 1 amide bonds. The lowest BCUT2D eigenvalue weighted by molar-refractivity contribution is 0.0300. The predicted molar refractivity (Wildman–Crippen MR) is 126 cm³/mol. The Labute approximate surface area is 205 Å². The van der Waals surface area contributed by atoms with Crippen molar-refractivity contribution in [2.45, 2.75) is 11.4 Å². The van der Waals surface area contributed by atoms with Crippen molar-refractivity contribution in [2.75, 3.05) is 66.4 Å². The van der Waals surface area contributed by atoms with Gasteiger partial charge in [0.25, 0.3) is 5.91 Å². The molecule has 0 aromatic heterocycles. The number of methoxy groups -OCH3 is 1. The van der Waals surface area contributed by atoms with Crippen LogP contribution in [0, 0.1) is 0 Å². The summed E-state index contributed by atoms with van der Waals surface area (Å²) in [5, 5.41) is 0. The Morgan fingerprint density at radius 3 is 2.43 bits per heavy atom. The zero-order valence-corrected chi connectivity index (χ0v) is 20.5. The number of nitrogens with zero attached hydrogens (tertiary/aromatic N) is 3. The fraction of sp³-hybridized carbons (Fsp3) is 0.458. The molecule has 3 aliphatic rings. The number of benzene rings is 2. The smallest absolute Gasteiger partial charge is 0.257 e. The average molecular weight is 504 g/mol. The van der Waals surface area contributed by atoms with Crippen molar-refractivity contribution in [3.8, 4) is 17.2 Å². The van der Waals surface area contributed by atoms with Crippen LogP contribution < -0.4 is 14.2 Å². The van der Waals surface area contributed by atoms with Crippen molar-refractivity contribution in [3.63, 3.8) is 0 Å². The van der Waals surface area contributed by atoms with E-state index >= 15 is 0 Å². The molecule has 0 bridgehead atoms. The summed E-state index contributed by atoms with van der Waals surface area (Å²) in [6, 6.07) is 10.4. The van der Waals surface area contributed by atoms with Gasteiger partial charge in [0.15, 0.2) is 11.5 Å². The van der Waals surface area contributed by atoms with E-state index in [0.29, 0.717) is 64.8 Å². The SMILES string of the molecule is COc1ccc(S(=O)(=O)N2CCN(Cc3ccc4c(c3)OCO4)CC2)cc1C(=O)N1CCOCC1. The van der Waals surface area contributed by atoms with E-state index in [1.54, 1.807) is 11.0 Å². The minimum Gasteiger partial charge on any atom is -0.496 e. The average Bonchev–Trinajstić information content (AvgIpc) is 3.37. The van der Waals surface area contributed by atoms with Crippen LogP contribution in [0.25, 0.3) is 0 Å². The standard InChI is InChI=1S/C24H29N3O7S/c1-31-21-5-3-19(15-20(21)24(28)26-10-12-32-13-11-26)35(29,30)27-8-6-25(7-9-27)16-18-2-4-22-23(14-18)34-17-33-22/h2-5,14-15H,6-13,16-17H2,1H3. The molecule has 3 aliphatic heterocycles. The molecule has 2 fully saturated rings. The molecular weight excluding hydrogens is 474 g/mol. The lowest BCUT2D eigenvalue weighted by atomic mass is 10.1. The van der Waals surface area contributed by atoms with Crippen LogP contribution in [0.1, 0.15) is 15.9 Å². The molecule has 0 atom stereocenters. The Kier molecular flexibility index (Phi) is 6.83. The van der Waals surface area contributed by atoms with Crippen molar-refractivity contribution in [1.29, 1.82) is 0 Å². The van der Waals surface area contributed by atoms with E-state index in [1.807, 2.05) is 18.2 Å². The summed E-state index contributed by atoms with van der Waals surface area (Å²) < 4.78 is 49.8. The van der Waals surface area contributed by atoms with E-state index < -0.39 is 10.0 Å². The molecule has 11 heteroatoms. The molecule has 0 aliphatic carbocycles. The van der Waals surface area contributed by atoms with Gasteiger partial charge in [-0.25, -0.2) is 8.42 Å². The topological polar surface area (TPSA) is 97.9 Å². The Morgan fingerprint density at radius 1 is 0.943 bits per heavy atom. The Bertz CT molecular complexity index is 1190. The zero-order chi connectivity index (χ0) is 24.4. The highest BCUT2D eigenvalue weighted by atomic mass is 32.2. The summed E-state index contributed by atoms with van der Waals surface area (Å²) >= 11 is 0. The number of carbonyl (C=O) groups excluding carboxylic acids is 1. The fourth-order valence-electron chi connectivity index (χ4n) is 4.53. The van der Waals surface area contributed by atoms with E-state index in [0.717, 1.165) is 17.1 Å². The first-order valence-corrected chi connectivity index (χ1v) is 13.1. The third kappa shape index (κ3) is 4.94. The van der Waals surface area contributed by atoms with Gasteiger partial charge < -0.3 is 23.8 Å². The van der Waals surface area contributed by atoms with Crippen LogP contribution in [0.2, 0.25) is 0 Å². The number of rotatable bonds is 6. The third-order valence-corrected chi connectivity index (χ3v) is 8.41. The third-order valence-electron chi connectivity index (χ3n) is 6.51. The normalized spacial score (nSPS) is 19.1. The molecule has 0 spiro atoms. The number of morpholine rings is 1. The van der Waals surface area contributed by atoms with E-state index in [-0.39, 0.29) is 23.2 Å². The highest BCUT2D eigenvalue weighted by Gasteiger charge is 2.31. The molecule has 5 rings (SSSR count). The molecule has 0 N–H and O–H groups in total. The van der Waals surface area contributed by atoms with Crippen LogP contribution in [0.15, 0.2) is 41.3 Å². The molecule has 2 aromatic carbocycles. The minimum absolute atomic E-state index is 0.0964. The maximum Gasteiger partial charge on any atom is 0.257 e. The number of piperazine rings is 1. The van der Waals surface area contributed by atoms with E-state index in [1.165, 1.54) is 23.5 Å². The maximum absolute atomic E-state index is 13.4. The molecule has 10 nitrogen and oxygen atoms in total. The second-order valence-corrected chi connectivity index (χ2v) is 10.6. The van der Waals surface area contributed by atoms with Crippen molar-refractivity contribution in [2.24, 2.45) is 0 Å². The van der Waals surface area contributed by atoms with Crippen LogP contribution >= 0.6 is 0 Å². The second-order valence-electron chi connectivity index (χ2n) is 8.63. The van der Waals surface area contributed by atoms with Gasteiger partial charge in [-0.05, 0) is 35.9 Å². The Hall–Kier alpha value is -2.86. The first-order chi connectivity index (χ1) is 17.0. The number of amides is 1. The molecule has 0 saturated carbocycles. The van der Waals surface area contributed by atoms with Gasteiger partial charge in [-0.3, -0.25) is 9.69 Å². The minimum atomic E-state index is -3.76. The van der Waals surface area contributed by atoms with Crippen LogP contribution in [-0.2, 0) is 21.3 Å². The number of carbonyl (C=O) groups is 1. The van der Waals surface area contributed by atoms with Gasteiger partial charge in [-0.15, -0.1) is 0 Å². The number of sulfonamides is 1. The number of ether oxygens (including phenoxy) is 4. The maximum atomic E-state index is 13.4. The fourth-order valence-corrected chi connectivity index (χ4v) is 5.97. The van der Waals surface area contributed by atoms with Crippen molar-refractivity contribution >= 4 is 15.9 Å². The highest BCUT2D eigenvalue weighted by Crippen LogP contribution is 2.33. The summed E-state index contributed by atoms with van der Waals surface area (Å²) in [6.45, 7) is 4.72. The van der Waals surface area contributed by atoms with Gasteiger partial charge in [0.1, 0.15) is 5.75 Å². The molecule has 2 saturated heterocycles. The van der Waals surface area contributed by atoms with E-state index in [2.05, 4.69) is 4.90 Å². The summed E-state index contributed by atoms with van der Waals surface area (Å²) in [5.74, 6) is 1.59. The number of fused-ring (bicyclic) bond motifs is 1. The van der Waals surface area contributed by atoms with Crippen molar-refractivity contribution in [3.05, 3.63) is 47.5 Å². The van der Waals surface area contributed by atoms with Crippen LogP contribution in [0.4, 0.5) is 0 Å². The molecule has 0 unspecified atom stereocenters. The highest BCUT2D eigenvalue weighted by molar-refractivity contribution is 7.89. The lowest BCUT2D eigenvalue weighted by Gasteiger charge is -2.34. The number of hydrogen-bond donors (Lipinski definition) is 0. The van der Waals surface area contributed by atoms with Gasteiger partial charge in [0.05, 0.1) is 30.8 Å². The van der Waals surface area contributed by atoms with E-state index in [4.69, 9.17) is 18.9 Å². The van der Waals surface area contributed by atoms with E-state index in [9.17, 15) is 13.2 Å². The van der Waals surface area contributed by atoms with Gasteiger partial charge in [-0.1, -0.05) is 6.07 Å². The Morgan fingerprint density at radius 2 is 1.69 bits per heavy atom. The van der Waals surface area contributed by atoms with Crippen LogP contribution in [0.3, 0.4) is 0 Å². The first kappa shape index (κ1) is 23.9. The molecule has 2 aromatic rings. The second kappa shape index (κ2) is 10.0. The molecule has 0 radical (unpaired) electrons. The van der Waals surface area contributed by atoms with Crippen molar-refractivity contribution < 1.29 is 32.2 Å². The van der Waals surface area contributed by atoms with Gasteiger partial charge in [0, 0.05) is 45.8 Å². The van der Waals surface area contributed by atoms with Gasteiger partial charge >= 0.3 is 0 Å². The lowest BCUT2D eigenvalue weighted by Crippen LogP contribution is -2.48. The Balaban J connectivity index is 1.27. The summed E-state index contributed by atoms with van der Waals surface area (Å²) in [5.41, 5.74) is 1.34. The molecule has 3 heterocycles. The molecular formula is C24H29N3O7S. The predicted octanol–water partition coefficient (Wildman–Crippen LogP) is 1.40. The monoisotopic (exact) mass is 503 g/mol. The summed E-state index contributed by atoms with van der Waals surface area (Å²) in [7, 11) is -2.29. The van der Waals surface area contributed by atoms with Crippen LogP contribution in [0.5, 0.6) is 17.2 Å². The molecule has 35 heavy (non-hydrogen) atoms. The number of hydrogen-bond acceptors (Lipinski definition) is 8. The van der Waals surface area contributed by atoms with Crippen LogP contribution in [-0.4, -0.2) is 94.8 Å².